The summed E-state index contributed by atoms with van der Waals surface area (Å²) in [5, 5.41) is -0.519. The molecule has 1 saturated heterocycles. The van der Waals surface area contributed by atoms with Crippen molar-refractivity contribution in [2.75, 3.05) is 23.8 Å². The monoisotopic (exact) mass is 613 g/mol. The van der Waals surface area contributed by atoms with Gasteiger partial charge in [0.1, 0.15) is 23.2 Å². The number of alkyl halides is 3. The topological polar surface area (TPSA) is 128 Å². The van der Waals surface area contributed by atoms with Gasteiger partial charge in [-0.05, 0) is 62.6 Å². The lowest BCUT2D eigenvalue weighted by Crippen LogP contribution is -2.41. The number of carbonyl (C=O) groups is 1. The smallest absolute Gasteiger partial charge is 0.393 e. The van der Waals surface area contributed by atoms with Crippen molar-refractivity contribution in [3.63, 3.8) is 0 Å². The number of rotatable bonds is 8. The van der Waals surface area contributed by atoms with Crippen molar-refractivity contribution in [2.45, 2.75) is 50.9 Å². The second kappa shape index (κ2) is 11.4. The summed E-state index contributed by atoms with van der Waals surface area (Å²) in [6, 6.07) is 10.3. The summed E-state index contributed by atoms with van der Waals surface area (Å²) >= 11 is 0. The van der Waals surface area contributed by atoms with E-state index in [1.165, 1.54) is 47.4 Å². The molecule has 0 saturated carbocycles. The van der Waals surface area contributed by atoms with Gasteiger partial charge in [-0.25, -0.2) is 19.1 Å². The lowest BCUT2D eigenvalue weighted by molar-refractivity contribution is -0.169. The quantitative estimate of drug-likeness (QED) is 0.311. The van der Waals surface area contributed by atoms with Crippen LogP contribution >= 0.6 is 0 Å². The molecule has 0 bridgehead atoms. The molecule has 1 aliphatic rings. The van der Waals surface area contributed by atoms with Gasteiger partial charge in [0, 0.05) is 26.6 Å². The van der Waals surface area contributed by atoms with Crippen LogP contribution in [0.4, 0.5) is 29.2 Å². The van der Waals surface area contributed by atoms with Crippen LogP contribution in [0.1, 0.15) is 47.3 Å². The molecule has 0 radical (unpaired) electrons. The second-order valence-corrected chi connectivity index (χ2v) is 12.8. The summed E-state index contributed by atoms with van der Waals surface area (Å²) in [5.74, 6) is -3.39. The number of benzene rings is 1. The standard InChI is InChI=1S/C28H31F4N5O4S.2H2/c1-16(2)15-41-20-11-17(10-19(29)12-20)22-9-8-21(26(38)36-42(39,40)24-7-5-6-23(33)35-24)25(34-22)37-14-18(28(30,31)32)13-27(37,3)4;;/h5-12,16,18H,13-15H2,1-4H3,(H2,33,35)(H,36,38);2*1H. The summed E-state index contributed by atoms with van der Waals surface area (Å²) in [6.45, 7) is 6.78. The minimum atomic E-state index is -4.51. The number of ether oxygens (including phenoxy) is 1. The predicted octanol–water partition coefficient (Wildman–Crippen LogP) is 5.68. The van der Waals surface area contributed by atoms with Crippen LogP contribution in [0.3, 0.4) is 0 Å². The fourth-order valence-electron chi connectivity index (χ4n) is 4.70. The van der Waals surface area contributed by atoms with E-state index in [1.54, 1.807) is 13.8 Å². The number of pyridine rings is 2. The molecule has 2 aromatic heterocycles. The first kappa shape index (κ1) is 31.0. The Morgan fingerprint density at radius 2 is 1.90 bits per heavy atom. The minimum absolute atomic E-state index is 0. The molecule has 42 heavy (non-hydrogen) atoms. The second-order valence-electron chi connectivity index (χ2n) is 11.1. The first-order chi connectivity index (χ1) is 19.5. The molecular formula is C28H35F4N5O4S. The Morgan fingerprint density at radius 3 is 2.52 bits per heavy atom. The van der Waals surface area contributed by atoms with Crippen LogP contribution in [0.25, 0.3) is 11.3 Å². The maximum atomic E-state index is 14.5. The molecule has 0 aliphatic carbocycles. The number of halogens is 4. The van der Waals surface area contributed by atoms with Crippen LogP contribution in [-0.4, -0.2) is 49.2 Å². The van der Waals surface area contributed by atoms with Crippen molar-refractivity contribution < 1.29 is 38.4 Å². The Hall–Kier alpha value is -3.94. The molecule has 0 spiro atoms. The molecule has 1 atom stereocenters. The molecule has 3 heterocycles. The van der Waals surface area contributed by atoms with E-state index in [4.69, 9.17) is 10.5 Å². The van der Waals surface area contributed by atoms with Gasteiger partial charge in [-0.3, -0.25) is 4.79 Å². The number of amides is 1. The third kappa shape index (κ3) is 6.92. The molecule has 4 rings (SSSR count). The molecule has 1 unspecified atom stereocenters. The Morgan fingerprint density at radius 1 is 1.19 bits per heavy atom. The van der Waals surface area contributed by atoms with Crippen LogP contribution in [0, 0.1) is 17.7 Å². The van der Waals surface area contributed by atoms with Crippen molar-refractivity contribution in [3.05, 3.63) is 59.9 Å². The van der Waals surface area contributed by atoms with Gasteiger partial charge in [-0.15, -0.1) is 0 Å². The zero-order valence-electron chi connectivity index (χ0n) is 23.4. The summed E-state index contributed by atoms with van der Waals surface area (Å²) in [5.41, 5.74) is 4.55. The molecule has 9 nitrogen and oxygen atoms in total. The highest BCUT2D eigenvalue weighted by Crippen LogP contribution is 2.44. The van der Waals surface area contributed by atoms with E-state index in [0.717, 1.165) is 6.07 Å². The third-order valence-corrected chi connectivity index (χ3v) is 7.95. The molecular weight excluding hydrogens is 578 g/mol. The minimum Gasteiger partial charge on any atom is -0.493 e. The number of hydrogen-bond acceptors (Lipinski definition) is 8. The molecule has 14 heteroatoms. The van der Waals surface area contributed by atoms with Gasteiger partial charge in [0.25, 0.3) is 15.9 Å². The van der Waals surface area contributed by atoms with Gasteiger partial charge >= 0.3 is 6.18 Å². The van der Waals surface area contributed by atoms with Crippen molar-refractivity contribution in [1.29, 1.82) is 0 Å². The van der Waals surface area contributed by atoms with E-state index in [9.17, 15) is 30.8 Å². The van der Waals surface area contributed by atoms with Crippen molar-refractivity contribution in [1.82, 2.24) is 14.7 Å². The van der Waals surface area contributed by atoms with Gasteiger partial charge < -0.3 is 15.4 Å². The van der Waals surface area contributed by atoms with Crippen LogP contribution < -0.4 is 20.1 Å². The number of hydrogen-bond donors (Lipinski definition) is 2. The molecule has 1 aliphatic heterocycles. The predicted molar refractivity (Wildman–Crippen MR) is 153 cm³/mol. The highest BCUT2D eigenvalue weighted by Gasteiger charge is 2.51. The van der Waals surface area contributed by atoms with Crippen LogP contribution in [-0.2, 0) is 10.0 Å². The Labute approximate surface area is 244 Å². The molecule has 1 fully saturated rings. The van der Waals surface area contributed by atoms with Crippen molar-refractivity contribution >= 4 is 27.6 Å². The first-order valence-corrected chi connectivity index (χ1v) is 14.5. The van der Waals surface area contributed by atoms with Gasteiger partial charge in [0.15, 0.2) is 5.03 Å². The number of nitrogen functional groups attached to an aromatic ring is 1. The van der Waals surface area contributed by atoms with Gasteiger partial charge in [-0.1, -0.05) is 19.9 Å². The van der Waals surface area contributed by atoms with Gasteiger partial charge in [0.2, 0.25) is 0 Å². The number of nitrogens with two attached hydrogens (primary N) is 1. The summed E-state index contributed by atoms with van der Waals surface area (Å²) in [6.07, 6.45) is -4.80. The highest BCUT2D eigenvalue weighted by molar-refractivity contribution is 7.90. The largest absolute Gasteiger partial charge is 0.493 e. The zero-order chi connectivity index (χ0) is 31.0. The molecule has 3 N–H and O–H groups in total. The molecule has 230 valence electrons. The lowest BCUT2D eigenvalue weighted by atomic mass is 9.96. The fourth-order valence-corrected chi connectivity index (χ4v) is 5.64. The molecule has 3 aromatic rings. The fraction of sp³-hybridized carbons (Fsp3) is 0.393. The van der Waals surface area contributed by atoms with E-state index in [-0.39, 0.29) is 49.4 Å². The zero-order valence-corrected chi connectivity index (χ0v) is 24.2. The summed E-state index contributed by atoms with van der Waals surface area (Å²) in [7, 11) is -4.50. The van der Waals surface area contributed by atoms with E-state index < -0.39 is 51.0 Å². The summed E-state index contributed by atoms with van der Waals surface area (Å²) in [4.78, 5) is 22.9. The number of aromatic nitrogens is 2. The maximum absolute atomic E-state index is 14.5. The number of nitrogens with zero attached hydrogens (tertiary/aromatic N) is 3. The van der Waals surface area contributed by atoms with E-state index in [0.29, 0.717) is 6.61 Å². The SMILES string of the molecule is CC(C)COc1cc(F)cc(-c2ccc(C(=O)NS(=O)(=O)c3cccc(N)n3)c(N3CC(C(F)(F)F)CC3(C)C)n2)c1.[HH].[HH]. The molecule has 1 amide bonds. The number of nitrogens with one attached hydrogen (secondary N) is 1. The lowest BCUT2D eigenvalue weighted by Gasteiger charge is -2.34. The van der Waals surface area contributed by atoms with E-state index in [2.05, 4.69) is 9.97 Å². The van der Waals surface area contributed by atoms with Crippen molar-refractivity contribution in [2.24, 2.45) is 11.8 Å². The number of sulfonamides is 1. The number of anilines is 2. The first-order valence-electron chi connectivity index (χ1n) is 13.0. The average molecular weight is 614 g/mol. The Bertz CT molecular complexity index is 1610. The number of carbonyl (C=O) groups excluding carboxylic acids is 1. The highest BCUT2D eigenvalue weighted by atomic mass is 32.2. The van der Waals surface area contributed by atoms with E-state index >= 15 is 0 Å². The van der Waals surface area contributed by atoms with Gasteiger partial charge in [-0.2, -0.15) is 21.6 Å². The van der Waals surface area contributed by atoms with Crippen LogP contribution in [0.5, 0.6) is 5.75 Å². The molecule has 1 aromatic carbocycles. The summed E-state index contributed by atoms with van der Waals surface area (Å²) < 4.78 is 89.2. The normalized spacial score (nSPS) is 17.0. The Balaban J connectivity index is 0.00000337. The van der Waals surface area contributed by atoms with Crippen molar-refractivity contribution in [3.8, 4) is 17.0 Å². The Kier molecular flexibility index (Phi) is 8.40. The maximum Gasteiger partial charge on any atom is 0.393 e. The van der Waals surface area contributed by atoms with Gasteiger partial charge in [0.05, 0.1) is 23.8 Å². The van der Waals surface area contributed by atoms with Crippen LogP contribution in [0.15, 0.2) is 53.6 Å². The van der Waals surface area contributed by atoms with E-state index in [1.807, 2.05) is 18.6 Å². The van der Waals surface area contributed by atoms with Crippen LogP contribution in [0.2, 0.25) is 0 Å². The average Bonchev–Trinajstić information content (AvgIpc) is 3.22. The third-order valence-electron chi connectivity index (χ3n) is 6.72.